The monoisotopic (exact) mass is 356 g/mol. The van der Waals surface area contributed by atoms with Gasteiger partial charge in [-0.1, -0.05) is 5.57 Å². The second kappa shape index (κ2) is 6.68. The van der Waals surface area contributed by atoms with E-state index in [0.717, 1.165) is 20.5 Å². The fraction of sp³-hybridized carbons (Fsp3) is 0.467. The molecule has 0 spiro atoms. The molecule has 1 heterocycles. The van der Waals surface area contributed by atoms with Gasteiger partial charge in [-0.15, -0.1) is 11.3 Å². The Labute approximate surface area is 131 Å². The van der Waals surface area contributed by atoms with Crippen molar-refractivity contribution in [3.05, 3.63) is 31.9 Å². The Bertz CT molecular complexity index is 559. The number of allylic oxidation sites excluding steroid dienone is 1. The first-order chi connectivity index (χ1) is 9.54. The number of carbonyl (C=O) groups is 2. The third-order valence-electron chi connectivity index (χ3n) is 3.63. The molecule has 0 aliphatic heterocycles. The van der Waals surface area contributed by atoms with E-state index in [9.17, 15) is 9.59 Å². The zero-order valence-electron chi connectivity index (χ0n) is 11.6. The molecule has 2 rings (SSSR count). The van der Waals surface area contributed by atoms with E-state index >= 15 is 0 Å². The highest BCUT2D eigenvalue weighted by molar-refractivity contribution is 9.11. The van der Waals surface area contributed by atoms with Crippen LogP contribution in [0.15, 0.2) is 26.4 Å². The van der Waals surface area contributed by atoms with Gasteiger partial charge in [0.2, 0.25) is 0 Å². The van der Waals surface area contributed by atoms with Crippen molar-refractivity contribution in [3.8, 4) is 0 Å². The molecule has 0 N–H and O–H groups in total. The van der Waals surface area contributed by atoms with Gasteiger partial charge in [-0.05, 0) is 58.8 Å². The van der Waals surface area contributed by atoms with Crippen LogP contribution in [0, 0.1) is 5.92 Å². The Morgan fingerprint density at radius 1 is 1.55 bits per heavy atom. The molecule has 1 aromatic rings. The van der Waals surface area contributed by atoms with Crippen molar-refractivity contribution in [3.63, 3.8) is 0 Å². The van der Waals surface area contributed by atoms with Crippen molar-refractivity contribution in [1.29, 1.82) is 0 Å². The van der Waals surface area contributed by atoms with Crippen molar-refractivity contribution in [2.24, 2.45) is 5.92 Å². The van der Waals surface area contributed by atoms with Crippen molar-refractivity contribution < 1.29 is 14.3 Å². The number of rotatable bonds is 4. The highest BCUT2D eigenvalue weighted by Gasteiger charge is 2.31. The van der Waals surface area contributed by atoms with Gasteiger partial charge in [0, 0.05) is 12.8 Å². The molecule has 0 bridgehead atoms. The second-order valence-corrected chi connectivity index (χ2v) is 7.06. The molecule has 20 heavy (non-hydrogen) atoms. The van der Waals surface area contributed by atoms with Crippen LogP contribution in [0.5, 0.6) is 0 Å². The predicted octanol–water partition coefficient (Wildman–Crippen LogP) is 3.91. The summed E-state index contributed by atoms with van der Waals surface area (Å²) in [4.78, 5) is 24.1. The van der Waals surface area contributed by atoms with Crippen molar-refractivity contribution in [1.82, 2.24) is 0 Å². The van der Waals surface area contributed by atoms with Crippen LogP contribution in [-0.2, 0) is 20.7 Å². The van der Waals surface area contributed by atoms with Crippen LogP contribution in [0.25, 0.3) is 0 Å². The van der Waals surface area contributed by atoms with Crippen LogP contribution < -0.4 is 0 Å². The fourth-order valence-electron chi connectivity index (χ4n) is 2.48. The second-order valence-electron chi connectivity index (χ2n) is 4.82. The molecule has 0 saturated carbocycles. The lowest BCUT2D eigenvalue weighted by Crippen LogP contribution is -2.27. The lowest BCUT2D eigenvalue weighted by Gasteiger charge is -2.24. The van der Waals surface area contributed by atoms with Crippen molar-refractivity contribution in [2.45, 2.75) is 33.1 Å². The summed E-state index contributed by atoms with van der Waals surface area (Å²) in [5, 5.41) is 1.99. The summed E-state index contributed by atoms with van der Waals surface area (Å²) < 4.78 is 6.15. The molecule has 0 fully saturated rings. The SMILES string of the molecule is CCOC(=O)C1CCC(=O)C(Cc2ccsc2Br)=C1C. The van der Waals surface area contributed by atoms with E-state index in [1.165, 1.54) is 0 Å². The van der Waals surface area contributed by atoms with E-state index in [0.29, 0.717) is 25.9 Å². The van der Waals surface area contributed by atoms with Crippen LogP contribution >= 0.6 is 27.3 Å². The van der Waals surface area contributed by atoms with Gasteiger partial charge >= 0.3 is 5.97 Å². The lowest BCUT2D eigenvalue weighted by atomic mass is 9.81. The van der Waals surface area contributed by atoms with Crippen molar-refractivity contribution >= 4 is 39.0 Å². The lowest BCUT2D eigenvalue weighted by molar-refractivity contribution is -0.147. The van der Waals surface area contributed by atoms with Gasteiger partial charge in [0.05, 0.1) is 16.3 Å². The van der Waals surface area contributed by atoms with Gasteiger partial charge in [-0.3, -0.25) is 9.59 Å². The first-order valence-electron chi connectivity index (χ1n) is 6.66. The number of ketones is 1. The highest BCUT2D eigenvalue weighted by atomic mass is 79.9. The van der Waals surface area contributed by atoms with Gasteiger partial charge in [0.1, 0.15) is 0 Å². The smallest absolute Gasteiger partial charge is 0.313 e. The number of carbonyl (C=O) groups excluding carboxylic acids is 2. The molecule has 1 aliphatic carbocycles. The molecule has 0 saturated heterocycles. The first kappa shape index (κ1) is 15.4. The molecular formula is C15H17BrO3S. The maximum absolute atomic E-state index is 12.1. The maximum Gasteiger partial charge on any atom is 0.313 e. The average molecular weight is 357 g/mol. The van der Waals surface area contributed by atoms with Crippen LogP contribution in [0.3, 0.4) is 0 Å². The summed E-state index contributed by atoms with van der Waals surface area (Å²) >= 11 is 5.10. The molecule has 1 aliphatic rings. The standard InChI is InChI=1S/C15H17BrO3S/c1-3-19-15(18)11-4-5-13(17)12(9(11)2)8-10-6-7-20-14(10)16/h6-7,11H,3-5,8H2,1-2H3. The molecule has 0 aromatic carbocycles. The van der Waals surface area contributed by atoms with E-state index < -0.39 is 0 Å². The normalized spacial score (nSPS) is 19.4. The minimum absolute atomic E-state index is 0.154. The number of thiophene rings is 1. The minimum Gasteiger partial charge on any atom is -0.466 e. The van der Waals surface area contributed by atoms with E-state index in [4.69, 9.17) is 4.74 Å². The molecule has 1 aromatic heterocycles. The molecule has 1 atom stereocenters. The molecule has 3 nitrogen and oxygen atoms in total. The summed E-state index contributed by atoms with van der Waals surface area (Å²) in [6.07, 6.45) is 1.58. The molecule has 1 unspecified atom stereocenters. The van der Waals surface area contributed by atoms with Gasteiger partial charge in [-0.2, -0.15) is 0 Å². The van der Waals surface area contributed by atoms with Gasteiger partial charge in [-0.25, -0.2) is 0 Å². The van der Waals surface area contributed by atoms with Gasteiger partial charge in [0.15, 0.2) is 5.78 Å². The summed E-state index contributed by atoms with van der Waals surface area (Å²) in [7, 11) is 0. The first-order valence-corrected chi connectivity index (χ1v) is 8.33. The molecule has 5 heteroatoms. The van der Waals surface area contributed by atoms with E-state index in [1.807, 2.05) is 18.4 Å². The number of hydrogen-bond donors (Lipinski definition) is 0. The summed E-state index contributed by atoms with van der Waals surface area (Å²) in [6, 6.07) is 2.01. The minimum atomic E-state index is -0.264. The van der Waals surface area contributed by atoms with Crippen LogP contribution in [0.2, 0.25) is 0 Å². The maximum atomic E-state index is 12.1. The number of esters is 1. The van der Waals surface area contributed by atoms with E-state index in [2.05, 4.69) is 15.9 Å². The Balaban J connectivity index is 2.27. The van der Waals surface area contributed by atoms with E-state index in [-0.39, 0.29) is 17.7 Å². The Morgan fingerprint density at radius 2 is 2.30 bits per heavy atom. The number of ether oxygens (including phenoxy) is 1. The number of hydrogen-bond acceptors (Lipinski definition) is 4. The molecule has 108 valence electrons. The highest BCUT2D eigenvalue weighted by Crippen LogP contribution is 2.33. The zero-order valence-corrected chi connectivity index (χ0v) is 14.0. The Kier molecular flexibility index (Phi) is 5.16. The predicted molar refractivity (Wildman–Crippen MR) is 82.8 cm³/mol. The van der Waals surface area contributed by atoms with Crippen LogP contribution in [0.1, 0.15) is 32.3 Å². The Morgan fingerprint density at radius 3 is 2.90 bits per heavy atom. The zero-order chi connectivity index (χ0) is 14.7. The van der Waals surface area contributed by atoms with Crippen molar-refractivity contribution in [2.75, 3.05) is 6.61 Å². The largest absolute Gasteiger partial charge is 0.466 e. The quantitative estimate of drug-likeness (QED) is 0.768. The third-order valence-corrected chi connectivity index (χ3v) is 5.44. The van der Waals surface area contributed by atoms with Gasteiger partial charge < -0.3 is 4.74 Å². The molecule has 0 radical (unpaired) electrons. The summed E-state index contributed by atoms with van der Waals surface area (Å²) in [6.45, 7) is 4.06. The molecule has 0 amide bonds. The Hall–Kier alpha value is -0.940. The van der Waals surface area contributed by atoms with Crippen LogP contribution in [-0.4, -0.2) is 18.4 Å². The van der Waals surface area contributed by atoms with E-state index in [1.54, 1.807) is 18.3 Å². The summed E-state index contributed by atoms with van der Waals surface area (Å²) in [5.74, 6) is -0.319. The summed E-state index contributed by atoms with van der Waals surface area (Å²) in [5.41, 5.74) is 2.74. The number of halogens is 1. The number of Topliss-reactive ketones (excluding diaryl/α,β-unsaturated/α-hetero) is 1. The average Bonchev–Trinajstić information content (AvgIpc) is 2.80. The van der Waals surface area contributed by atoms with Crippen LogP contribution in [0.4, 0.5) is 0 Å². The topological polar surface area (TPSA) is 43.4 Å². The third kappa shape index (κ3) is 3.20. The fourth-order valence-corrected chi connectivity index (χ4v) is 3.72. The molecular weight excluding hydrogens is 340 g/mol. The van der Waals surface area contributed by atoms with Gasteiger partial charge in [0.25, 0.3) is 0 Å².